The van der Waals surface area contributed by atoms with Crippen LogP contribution in [-0.4, -0.2) is 108 Å². The van der Waals surface area contributed by atoms with E-state index < -0.39 is 0 Å². The molecule has 2 N–H and O–H groups in total. The predicted molar refractivity (Wildman–Crippen MR) is 155 cm³/mol. The van der Waals surface area contributed by atoms with E-state index in [1.54, 1.807) is 4.90 Å². The molecule has 0 aliphatic carbocycles. The molecule has 2 aromatic rings. The molecule has 1 aromatic heterocycles. The number of hydrogen-bond donors (Lipinski definition) is 2. The first-order valence-electron chi connectivity index (χ1n) is 13.7. The van der Waals surface area contributed by atoms with E-state index in [4.69, 9.17) is 11.6 Å². The van der Waals surface area contributed by atoms with Crippen LogP contribution in [0.2, 0.25) is 5.15 Å². The summed E-state index contributed by atoms with van der Waals surface area (Å²) >= 11 is 6.33. The summed E-state index contributed by atoms with van der Waals surface area (Å²) in [4.78, 5) is 41.7. The number of amides is 1. The molecule has 10 nitrogen and oxygen atoms in total. The van der Waals surface area contributed by atoms with E-state index in [-0.39, 0.29) is 22.8 Å². The SMILES string of the molecule is C=CC(=O)N1CC[C@@H](Nc2nc(Nc3ccc(N4CCC(N5CCN(C)CC5)CC4)cc3)c(C=O)nc2Cl)C1. The van der Waals surface area contributed by atoms with Crippen molar-refractivity contribution >= 4 is 46.8 Å². The summed E-state index contributed by atoms with van der Waals surface area (Å²) in [6.45, 7) is 11.5. The van der Waals surface area contributed by atoms with Crippen molar-refractivity contribution in [3.05, 3.63) is 47.8 Å². The summed E-state index contributed by atoms with van der Waals surface area (Å²) < 4.78 is 0. The van der Waals surface area contributed by atoms with Crippen molar-refractivity contribution in [2.45, 2.75) is 31.3 Å². The molecule has 0 saturated carbocycles. The maximum atomic E-state index is 11.9. The molecular formula is C28H37ClN8O2. The second-order valence-electron chi connectivity index (χ2n) is 10.6. The van der Waals surface area contributed by atoms with E-state index in [1.165, 1.54) is 37.7 Å². The Kier molecular flexibility index (Phi) is 8.64. The molecule has 11 heteroatoms. The molecule has 0 spiro atoms. The van der Waals surface area contributed by atoms with Crippen LogP contribution in [0.15, 0.2) is 36.9 Å². The number of aldehydes is 1. The Balaban J connectivity index is 1.20. The molecule has 3 fully saturated rings. The molecule has 0 radical (unpaired) electrons. The number of aromatic nitrogens is 2. The Hall–Kier alpha value is -3.21. The van der Waals surface area contributed by atoms with Gasteiger partial charge in [-0.2, -0.15) is 0 Å². The molecule has 1 aromatic carbocycles. The number of benzene rings is 1. The van der Waals surface area contributed by atoms with E-state index in [0.29, 0.717) is 37.1 Å². The predicted octanol–water partition coefficient (Wildman–Crippen LogP) is 3.10. The van der Waals surface area contributed by atoms with Crippen LogP contribution in [0, 0.1) is 0 Å². The Morgan fingerprint density at radius 3 is 2.38 bits per heavy atom. The van der Waals surface area contributed by atoms with Gasteiger partial charge in [-0.25, -0.2) is 9.97 Å². The lowest BCUT2D eigenvalue weighted by atomic mass is 10.0. The monoisotopic (exact) mass is 552 g/mol. The molecule has 0 unspecified atom stereocenters. The Bertz CT molecular complexity index is 1180. The highest BCUT2D eigenvalue weighted by Gasteiger charge is 2.28. The summed E-state index contributed by atoms with van der Waals surface area (Å²) in [6.07, 6.45) is 5.08. The number of nitrogens with zero attached hydrogens (tertiary/aromatic N) is 6. The fraction of sp³-hybridized carbons (Fsp3) is 0.500. The van der Waals surface area contributed by atoms with Gasteiger partial charge in [0.15, 0.2) is 23.1 Å². The number of piperazine rings is 1. The first kappa shape index (κ1) is 27.4. The van der Waals surface area contributed by atoms with E-state index in [1.807, 2.05) is 12.1 Å². The van der Waals surface area contributed by atoms with Crippen molar-refractivity contribution in [3.63, 3.8) is 0 Å². The molecule has 1 atom stereocenters. The second-order valence-corrected chi connectivity index (χ2v) is 10.9. The van der Waals surface area contributed by atoms with Crippen LogP contribution in [0.3, 0.4) is 0 Å². The summed E-state index contributed by atoms with van der Waals surface area (Å²) in [6, 6.07) is 8.86. The molecule has 39 heavy (non-hydrogen) atoms. The van der Waals surface area contributed by atoms with E-state index in [0.717, 1.165) is 38.3 Å². The maximum Gasteiger partial charge on any atom is 0.246 e. The molecule has 3 saturated heterocycles. The third-order valence-electron chi connectivity index (χ3n) is 8.02. The minimum Gasteiger partial charge on any atom is -0.371 e. The van der Waals surface area contributed by atoms with Crippen molar-refractivity contribution in [1.82, 2.24) is 24.7 Å². The number of rotatable bonds is 8. The van der Waals surface area contributed by atoms with E-state index >= 15 is 0 Å². The second kappa shape index (κ2) is 12.3. The standard InChI is InChI=1S/C28H37ClN8O2/c1-3-25(39)37-11-8-21(18-37)31-28-26(29)32-24(19-38)27(33-28)30-20-4-6-22(7-5-20)35-12-9-23(10-13-35)36-16-14-34(2)15-17-36/h3-7,19,21,23H,1,8-18H2,2H3,(H2,30,31,33)/t21-/m1/s1. The number of carbonyl (C=O) groups excluding carboxylic acids is 2. The van der Waals surface area contributed by atoms with Crippen molar-refractivity contribution in [2.75, 3.05) is 74.9 Å². The Morgan fingerprint density at radius 2 is 1.72 bits per heavy atom. The first-order chi connectivity index (χ1) is 18.9. The smallest absolute Gasteiger partial charge is 0.246 e. The van der Waals surface area contributed by atoms with Crippen molar-refractivity contribution in [3.8, 4) is 0 Å². The summed E-state index contributed by atoms with van der Waals surface area (Å²) in [5.74, 6) is 0.607. The number of hydrogen-bond acceptors (Lipinski definition) is 9. The Labute approximate surface area is 235 Å². The van der Waals surface area contributed by atoms with E-state index in [9.17, 15) is 9.59 Å². The normalized spacial score (nSPS) is 21.1. The zero-order chi connectivity index (χ0) is 27.4. The molecule has 0 bridgehead atoms. The third-order valence-corrected chi connectivity index (χ3v) is 8.28. The molecule has 3 aliphatic heterocycles. The van der Waals surface area contributed by atoms with Crippen LogP contribution in [0.5, 0.6) is 0 Å². The average Bonchev–Trinajstić information content (AvgIpc) is 3.44. The van der Waals surface area contributed by atoms with Gasteiger partial charge < -0.3 is 25.3 Å². The molecule has 3 aliphatic rings. The average molecular weight is 553 g/mol. The maximum absolute atomic E-state index is 11.9. The Morgan fingerprint density at radius 1 is 1.00 bits per heavy atom. The minimum absolute atomic E-state index is 0.0182. The van der Waals surface area contributed by atoms with Gasteiger partial charge in [0.1, 0.15) is 5.69 Å². The molecule has 208 valence electrons. The lowest BCUT2D eigenvalue weighted by Crippen LogP contribution is -2.52. The number of nitrogens with one attached hydrogen (secondary N) is 2. The number of halogens is 1. The van der Waals surface area contributed by atoms with Gasteiger partial charge in [-0.1, -0.05) is 18.2 Å². The zero-order valence-electron chi connectivity index (χ0n) is 22.5. The highest BCUT2D eigenvalue weighted by Crippen LogP contribution is 2.28. The van der Waals surface area contributed by atoms with Crippen molar-refractivity contribution in [1.29, 1.82) is 0 Å². The van der Waals surface area contributed by atoms with Gasteiger partial charge in [-0.3, -0.25) is 14.5 Å². The number of likely N-dealkylation sites (tertiary alicyclic amines) is 1. The summed E-state index contributed by atoms with van der Waals surface area (Å²) in [7, 11) is 2.20. The van der Waals surface area contributed by atoms with Gasteiger partial charge in [-0.15, -0.1) is 0 Å². The fourth-order valence-corrected chi connectivity index (χ4v) is 5.85. The number of likely N-dealkylation sites (N-methyl/N-ethyl adjacent to an activating group) is 1. The van der Waals surface area contributed by atoms with Crippen LogP contribution in [0.25, 0.3) is 0 Å². The van der Waals surface area contributed by atoms with Crippen LogP contribution < -0.4 is 15.5 Å². The largest absolute Gasteiger partial charge is 0.371 e. The van der Waals surface area contributed by atoms with Gasteiger partial charge >= 0.3 is 0 Å². The van der Waals surface area contributed by atoms with Gasteiger partial charge in [-0.05, 0) is 56.7 Å². The first-order valence-corrected chi connectivity index (χ1v) is 14.1. The van der Waals surface area contributed by atoms with Gasteiger partial charge in [0.05, 0.1) is 0 Å². The van der Waals surface area contributed by atoms with Crippen molar-refractivity contribution < 1.29 is 9.59 Å². The minimum atomic E-state index is -0.0991. The zero-order valence-corrected chi connectivity index (χ0v) is 23.2. The number of piperidine rings is 1. The van der Waals surface area contributed by atoms with Crippen molar-refractivity contribution in [2.24, 2.45) is 0 Å². The summed E-state index contributed by atoms with van der Waals surface area (Å²) in [5.41, 5.74) is 2.13. The number of carbonyl (C=O) groups is 2. The summed E-state index contributed by atoms with van der Waals surface area (Å²) in [5, 5.41) is 6.62. The highest BCUT2D eigenvalue weighted by molar-refractivity contribution is 6.31. The topological polar surface area (TPSA) is 96.9 Å². The molecule has 5 rings (SSSR count). The van der Waals surface area contributed by atoms with Crippen LogP contribution in [-0.2, 0) is 4.79 Å². The van der Waals surface area contributed by atoms with Crippen LogP contribution in [0.1, 0.15) is 29.8 Å². The van der Waals surface area contributed by atoms with Crippen LogP contribution in [0.4, 0.5) is 23.0 Å². The molecule has 4 heterocycles. The van der Waals surface area contributed by atoms with Crippen LogP contribution >= 0.6 is 11.6 Å². The third kappa shape index (κ3) is 6.51. The lowest BCUT2D eigenvalue weighted by Gasteiger charge is -2.42. The number of anilines is 4. The molecular weight excluding hydrogens is 516 g/mol. The fourth-order valence-electron chi connectivity index (χ4n) is 5.66. The molecule has 1 amide bonds. The van der Waals surface area contributed by atoms with Gasteiger partial charge in [0, 0.05) is 75.8 Å². The van der Waals surface area contributed by atoms with Gasteiger partial charge in [0.2, 0.25) is 5.91 Å². The lowest BCUT2D eigenvalue weighted by molar-refractivity contribution is -0.125. The highest BCUT2D eigenvalue weighted by atomic mass is 35.5. The quantitative estimate of drug-likeness (QED) is 0.378. The van der Waals surface area contributed by atoms with Gasteiger partial charge in [0.25, 0.3) is 0 Å². The van der Waals surface area contributed by atoms with E-state index in [2.05, 4.69) is 61.1 Å².